The Morgan fingerprint density at radius 2 is 2.33 bits per heavy atom. The zero-order chi connectivity index (χ0) is 13.0. The van der Waals surface area contributed by atoms with Crippen LogP contribution < -0.4 is 16.2 Å². The first-order chi connectivity index (χ1) is 8.70. The first-order valence-corrected chi connectivity index (χ1v) is 6.37. The molecule has 1 aromatic heterocycles. The quantitative estimate of drug-likeness (QED) is 0.726. The highest BCUT2D eigenvalue weighted by Gasteiger charge is 2.20. The van der Waals surface area contributed by atoms with Crippen molar-refractivity contribution in [2.75, 3.05) is 13.6 Å². The Morgan fingerprint density at radius 1 is 1.50 bits per heavy atom. The number of hydrogen-bond acceptors (Lipinski definition) is 3. The van der Waals surface area contributed by atoms with E-state index in [1.807, 2.05) is 6.07 Å². The van der Waals surface area contributed by atoms with E-state index in [9.17, 15) is 9.59 Å². The zero-order valence-electron chi connectivity index (χ0n) is 10.6. The number of amides is 1. The summed E-state index contributed by atoms with van der Waals surface area (Å²) in [6.45, 7) is 0.656. The van der Waals surface area contributed by atoms with Gasteiger partial charge in [0.05, 0.1) is 0 Å². The number of carbonyl (C=O) groups excluding carboxylic acids is 1. The van der Waals surface area contributed by atoms with E-state index in [0.717, 1.165) is 30.5 Å². The normalized spacial score (nSPS) is 18.2. The van der Waals surface area contributed by atoms with Crippen molar-refractivity contribution in [1.29, 1.82) is 0 Å². The molecule has 0 spiro atoms. The van der Waals surface area contributed by atoms with Gasteiger partial charge in [0.25, 0.3) is 0 Å². The molecule has 1 aliphatic carbocycles. The van der Waals surface area contributed by atoms with Crippen molar-refractivity contribution >= 4 is 5.91 Å². The van der Waals surface area contributed by atoms with Gasteiger partial charge in [0.2, 0.25) is 11.5 Å². The van der Waals surface area contributed by atoms with E-state index in [1.54, 1.807) is 13.1 Å². The van der Waals surface area contributed by atoms with Crippen LogP contribution in [0, 0.1) is 0 Å². The monoisotopic (exact) mass is 249 g/mol. The van der Waals surface area contributed by atoms with Crippen LogP contribution in [0.1, 0.15) is 36.6 Å². The second kappa shape index (κ2) is 5.82. The molecule has 0 bridgehead atoms. The van der Waals surface area contributed by atoms with Crippen LogP contribution in [-0.2, 0) is 11.2 Å². The smallest absolute Gasteiger partial charge is 0.248 e. The molecule has 3 N–H and O–H groups in total. The maximum Gasteiger partial charge on any atom is 0.248 e. The largest absolute Gasteiger partial charge is 0.359 e. The Balaban J connectivity index is 1.99. The molecule has 0 saturated heterocycles. The second-order valence-corrected chi connectivity index (χ2v) is 4.58. The lowest BCUT2D eigenvalue weighted by Crippen LogP contribution is -2.30. The lowest BCUT2D eigenvalue weighted by molar-refractivity contribution is -0.120. The van der Waals surface area contributed by atoms with Gasteiger partial charge in [-0.05, 0) is 24.8 Å². The molecule has 1 unspecified atom stereocenters. The molecule has 5 nitrogen and oxygen atoms in total. The maximum atomic E-state index is 11.3. The van der Waals surface area contributed by atoms with Crippen LogP contribution in [0.3, 0.4) is 0 Å². The number of fused-ring (bicyclic) bond motifs is 1. The Hall–Kier alpha value is -1.62. The molecule has 1 aromatic rings. The minimum absolute atomic E-state index is 0.0417. The molecule has 0 fully saturated rings. The fourth-order valence-corrected chi connectivity index (χ4v) is 2.40. The van der Waals surface area contributed by atoms with Crippen molar-refractivity contribution in [1.82, 2.24) is 15.6 Å². The zero-order valence-corrected chi connectivity index (χ0v) is 10.6. The summed E-state index contributed by atoms with van der Waals surface area (Å²) >= 11 is 0. The Morgan fingerprint density at radius 3 is 3.11 bits per heavy atom. The number of H-pyrrole nitrogens is 1. The van der Waals surface area contributed by atoms with Crippen molar-refractivity contribution < 1.29 is 4.79 Å². The van der Waals surface area contributed by atoms with E-state index in [1.165, 1.54) is 0 Å². The van der Waals surface area contributed by atoms with Crippen LogP contribution in [0.2, 0.25) is 0 Å². The Labute approximate surface area is 106 Å². The van der Waals surface area contributed by atoms with Gasteiger partial charge < -0.3 is 15.6 Å². The third kappa shape index (κ3) is 2.98. The highest BCUT2D eigenvalue weighted by molar-refractivity contribution is 5.75. The predicted molar refractivity (Wildman–Crippen MR) is 69.4 cm³/mol. The van der Waals surface area contributed by atoms with Gasteiger partial charge in [-0.1, -0.05) is 6.07 Å². The molecule has 1 heterocycles. The second-order valence-electron chi connectivity index (χ2n) is 4.58. The van der Waals surface area contributed by atoms with Crippen molar-refractivity contribution in [3.8, 4) is 0 Å². The summed E-state index contributed by atoms with van der Waals surface area (Å²) in [7, 11) is 1.64. The van der Waals surface area contributed by atoms with Gasteiger partial charge >= 0.3 is 0 Å². The highest BCUT2D eigenvalue weighted by atomic mass is 16.1. The van der Waals surface area contributed by atoms with Crippen LogP contribution in [0.25, 0.3) is 0 Å². The number of carbonyl (C=O) groups is 1. The van der Waals surface area contributed by atoms with Gasteiger partial charge in [0.15, 0.2) is 0 Å². The van der Waals surface area contributed by atoms with Crippen LogP contribution in [0.15, 0.2) is 16.9 Å². The number of aromatic amines is 1. The van der Waals surface area contributed by atoms with Gasteiger partial charge in [-0.2, -0.15) is 0 Å². The van der Waals surface area contributed by atoms with Gasteiger partial charge in [-0.15, -0.1) is 0 Å². The number of aromatic nitrogens is 1. The van der Waals surface area contributed by atoms with Crippen LogP contribution in [0.4, 0.5) is 0 Å². The molecule has 1 amide bonds. The average molecular weight is 249 g/mol. The molecule has 18 heavy (non-hydrogen) atoms. The van der Waals surface area contributed by atoms with Gasteiger partial charge in [0, 0.05) is 37.8 Å². The standard InChI is InChI=1S/C13H19N3O2/c1-14-12(17)7-8-15-10-3-2-4-11-9(10)5-6-13(18)16-11/h5-6,10,15H,2-4,7-8H2,1H3,(H,14,17)(H,16,18). The summed E-state index contributed by atoms with van der Waals surface area (Å²) in [6, 6.07) is 3.71. The first kappa shape index (κ1) is 12.8. The fourth-order valence-electron chi connectivity index (χ4n) is 2.40. The van der Waals surface area contributed by atoms with Crippen LogP contribution in [-0.4, -0.2) is 24.5 Å². The Kier molecular flexibility index (Phi) is 4.15. The summed E-state index contributed by atoms with van der Waals surface area (Å²) in [4.78, 5) is 25.3. The highest BCUT2D eigenvalue weighted by Crippen LogP contribution is 2.27. The molecule has 5 heteroatoms. The molecular weight excluding hydrogens is 230 g/mol. The van der Waals surface area contributed by atoms with E-state index in [0.29, 0.717) is 13.0 Å². The van der Waals surface area contributed by atoms with E-state index in [-0.39, 0.29) is 17.5 Å². The summed E-state index contributed by atoms with van der Waals surface area (Å²) in [6.07, 6.45) is 3.52. The summed E-state index contributed by atoms with van der Waals surface area (Å²) in [5.74, 6) is 0.0417. The number of aryl methyl sites for hydroxylation is 1. The van der Waals surface area contributed by atoms with Crippen molar-refractivity contribution in [2.24, 2.45) is 0 Å². The number of pyridine rings is 1. The average Bonchev–Trinajstić information content (AvgIpc) is 2.38. The van der Waals surface area contributed by atoms with Crippen molar-refractivity contribution in [3.05, 3.63) is 33.7 Å². The van der Waals surface area contributed by atoms with Crippen LogP contribution >= 0.6 is 0 Å². The molecule has 1 aliphatic rings. The summed E-state index contributed by atoms with van der Waals surface area (Å²) < 4.78 is 0. The first-order valence-electron chi connectivity index (χ1n) is 6.37. The number of rotatable bonds is 4. The molecule has 1 atom stereocenters. The van der Waals surface area contributed by atoms with Crippen LogP contribution in [0.5, 0.6) is 0 Å². The molecule has 0 aromatic carbocycles. The Bertz CT molecular complexity index is 481. The SMILES string of the molecule is CNC(=O)CCNC1CCCc2[nH]c(=O)ccc21. The molecule has 0 saturated carbocycles. The fraction of sp³-hybridized carbons (Fsp3) is 0.538. The molecule has 2 rings (SSSR count). The van der Waals surface area contributed by atoms with E-state index in [4.69, 9.17) is 0 Å². The van der Waals surface area contributed by atoms with Gasteiger partial charge in [0.1, 0.15) is 0 Å². The number of nitrogens with one attached hydrogen (secondary N) is 3. The molecule has 0 aliphatic heterocycles. The van der Waals surface area contributed by atoms with Crippen molar-refractivity contribution in [3.63, 3.8) is 0 Å². The number of hydrogen-bond donors (Lipinski definition) is 3. The van der Waals surface area contributed by atoms with Crippen molar-refractivity contribution in [2.45, 2.75) is 31.7 Å². The molecule has 0 radical (unpaired) electrons. The minimum Gasteiger partial charge on any atom is -0.359 e. The third-order valence-electron chi connectivity index (χ3n) is 3.35. The third-order valence-corrected chi connectivity index (χ3v) is 3.35. The topological polar surface area (TPSA) is 74.0 Å². The van der Waals surface area contributed by atoms with E-state index < -0.39 is 0 Å². The molecular formula is C13H19N3O2. The maximum absolute atomic E-state index is 11.3. The molecule has 98 valence electrons. The summed E-state index contributed by atoms with van der Waals surface area (Å²) in [5, 5.41) is 5.98. The minimum atomic E-state index is -0.0419. The predicted octanol–water partition coefficient (Wildman–Crippen LogP) is 0.478. The summed E-state index contributed by atoms with van der Waals surface area (Å²) in [5.41, 5.74) is 2.16. The lowest BCUT2D eigenvalue weighted by atomic mass is 9.91. The van der Waals surface area contributed by atoms with Gasteiger partial charge in [-0.3, -0.25) is 9.59 Å². The van der Waals surface area contributed by atoms with E-state index in [2.05, 4.69) is 15.6 Å². The lowest BCUT2D eigenvalue weighted by Gasteiger charge is -2.25. The van der Waals surface area contributed by atoms with E-state index >= 15 is 0 Å². The van der Waals surface area contributed by atoms with Gasteiger partial charge in [-0.25, -0.2) is 0 Å².